The van der Waals surface area contributed by atoms with Crippen molar-refractivity contribution >= 4 is 5.97 Å². The summed E-state index contributed by atoms with van der Waals surface area (Å²) in [6.45, 7) is 2.25. The molecule has 0 aliphatic rings. The number of ether oxygens (including phenoxy) is 1. The van der Waals surface area contributed by atoms with Crippen molar-refractivity contribution in [3.8, 4) is 0 Å². The predicted molar refractivity (Wildman–Crippen MR) is 81.8 cm³/mol. The molecule has 0 radical (unpaired) electrons. The highest BCUT2D eigenvalue weighted by Gasteiger charge is 2.15. The van der Waals surface area contributed by atoms with Gasteiger partial charge in [0.1, 0.15) is 17.3 Å². The van der Waals surface area contributed by atoms with E-state index in [2.05, 4.69) is 15.0 Å². The highest BCUT2D eigenvalue weighted by molar-refractivity contribution is 5.87. The maximum atomic E-state index is 13.9. The van der Waals surface area contributed by atoms with Gasteiger partial charge >= 0.3 is 5.97 Å². The molecule has 1 N–H and O–H groups in total. The molecule has 2 rings (SSSR count). The number of aromatic nitrogens is 1. The van der Waals surface area contributed by atoms with Crippen LogP contribution in [0.15, 0.2) is 36.4 Å². The monoisotopic (exact) mass is 320 g/mol. The van der Waals surface area contributed by atoms with Crippen LogP contribution in [0.3, 0.4) is 0 Å². The summed E-state index contributed by atoms with van der Waals surface area (Å²) >= 11 is 0. The molecule has 1 unspecified atom stereocenters. The number of halogens is 2. The van der Waals surface area contributed by atoms with E-state index in [0.717, 1.165) is 6.07 Å². The molecular weight excluding hydrogens is 302 g/mol. The van der Waals surface area contributed by atoms with Gasteiger partial charge in [-0.05, 0) is 24.6 Å². The van der Waals surface area contributed by atoms with Crippen molar-refractivity contribution in [1.82, 2.24) is 10.3 Å². The molecule has 1 aromatic heterocycles. The molecule has 122 valence electrons. The Bertz CT molecular complexity index is 692. The lowest BCUT2D eigenvalue weighted by Gasteiger charge is -2.18. The minimum atomic E-state index is -0.603. The maximum absolute atomic E-state index is 13.9. The summed E-state index contributed by atoms with van der Waals surface area (Å²) in [4.78, 5) is 15.7. The molecule has 0 aliphatic heterocycles. The van der Waals surface area contributed by atoms with Gasteiger partial charge in [0.15, 0.2) is 0 Å². The second-order valence-electron chi connectivity index (χ2n) is 5.01. The Hall–Kier alpha value is -2.34. The molecule has 0 spiro atoms. The van der Waals surface area contributed by atoms with E-state index in [4.69, 9.17) is 0 Å². The molecule has 2 aromatic rings. The third kappa shape index (κ3) is 4.32. The molecule has 0 saturated carbocycles. The van der Waals surface area contributed by atoms with E-state index in [0.29, 0.717) is 24.2 Å². The van der Waals surface area contributed by atoms with Gasteiger partial charge in [-0.15, -0.1) is 0 Å². The smallest absolute Gasteiger partial charge is 0.356 e. The van der Waals surface area contributed by atoms with Gasteiger partial charge in [-0.2, -0.15) is 0 Å². The third-order valence-electron chi connectivity index (χ3n) is 3.48. The highest BCUT2D eigenvalue weighted by atomic mass is 19.1. The number of pyridine rings is 1. The number of nitrogens with zero attached hydrogens (tertiary/aromatic N) is 1. The van der Waals surface area contributed by atoms with Crippen LogP contribution in [0.1, 0.15) is 41.1 Å². The first kappa shape index (κ1) is 17.0. The number of esters is 1. The zero-order valence-corrected chi connectivity index (χ0v) is 13.0. The molecule has 0 aliphatic carbocycles. The largest absolute Gasteiger partial charge is 0.464 e. The van der Waals surface area contributed by atoms with Crippen molar-refractivity contribution in [3.63, 3.8) is 0 Å². The van der Waals surface area contributed by atoms with Gasteiger partial charge in [0.2, 0.25) is 0 Å². The number of nitrogens with one attached hydrogen (secondary N) is 1. The van der Waals surface area contributed by atoms with E-state index in [1.807, 2.05) is 6.92 Å². The number of hydrogen-bond donors (Lipinski definition) is 1. The normalized spacial score (nSPS) is 12.0. The fourth-order valence-electron chi connectivity index (χ4n) is 2.28. The topological polar surface area (TPSA) is 51.2 Å². The summed E-state index contributed by atoms with van der Waals surface area (Å²) in [6.07, 6.45) is 0.624. The standard InChI is InChI=1S/C17H18F2N2O2/c1-3-15(13-8-7-11(18)9-14(13)19)20-10-12-5-4-6-16(21-12)17(22)23-2/h4-9,15,20H,3,10H2,1-2H3. The maximum Gasteiger partial charge on any atom is 0.356 e. The molecule has 0 bridgehead atoms. The molecule has 23 heavy (non-hydrogen) atoms. The average Bonchev–Trinajstić information content (AvgIpc) is 2.56. The molecule has 1 heterocycles. The summed E-state index contributed by atoms with van der Waals surface area (Å²) in [5, 5.41) is 3.17. The Kier molecular flexibility index (Phi) is 5.76. The average molecular weight is 320 g/mol. The number of methoxy groups -OCH3 is 1. The van der Waals surface area contributed by atoms with Gasteiger partial charge in [0.05, 0.1) is 12.8 Å². The second kappa shape index (κ2) is 7.78. The van der Waals surface area contributed by atoms with Gasteiger partial charge in [-0.1, -0.05) is 19.1 Å². The van der Waals surface area contributed by atoms with Crippen LogP contribution >= 0.6 is 0 Å². The first-order valence-corrected chi connectivity index (χ1v) is 7.27. The first-order chi connectivity index (χ1) is 11.0. The summed E-state index contributed by atoms with van der Waals surface area (Å²) < 4.78 is 31.5. The van der Waals surface area contributed by atoms with Crippen molar-refractivity contribution in [2.75, 3.05) is 7.11 Å². The molecule has 0 amide bonds. The first-order valence-electron chi connectivity index (χ1n) is 7.27. The lowest BCUT2D eigenvalue weighted by Crippen LogP contribution is -2.22. The summed E-state index contributed by atoms with van der Waals surface area (Å²) in [5.41, 5.74) is 1.25. The molecular formula is C17H18F2N2O2. The predicted octanol–water partition coefficient (Wildman–Crippen LogP) is 3.39. The Morgan fingerprint density at radius 2 is 2.09 bits per heavy atom. The molecule has 4 nitrogen and oxygen atoms in total. The number of rotatable bonds is 6. The lowest BCUT2D eigenvalue weighted by molar-refractivity contribution is 0.0593. The minimum absolute atomic E-state index is 0.216. The van der Waals surface area contributed by atoms with E-state index < -0.39 is 17.6 Å². The van der Waals surface area contributed by atoms with Crippen LogP contribution in [0.2, 0.25) is 0 Å². The van der Waals surface area contributed by atoms with Gasteiger partial charge < -0.3 is 10.1 Å². The summed E-state index contributed by atoms with van der Waals surface area (Å²) in [5.74, 6) is -1.70. The van der Waals surface area contributed by atoms with Crippen molar-refractivity contribution in [1.29, 1.82) is 0 Å². The van der Waals surface area contributed by atoms with Gasteiger partial charge in [-0.25, -0.2) is 18.6 Å². The van der Waals surface area contributed by atoms with Crippen LogP contribution in [0, 0.1) is 11.6 Å². The van der Waals surface area contributed by atoms with Gasteiger partial charge in [-0.3, -0.25) is 0 Å². The SMILES string of the molecule is CCC(NCc1cccc(C(=O)OC)n1)c1ccc(F)cc1F. The number of benzene rings is 1. The molecule has 1 atom stereocenters. The number of carbonyl (C=O) groups excluding carboxylic acids is 1. The van der Waals surface area contributed by atoms with E-state index in [1.54, 1.807) is 18.2 Å². The van der Waals surface area contributed by atoms with Crippen molar-refractivity contribution in [3.05, 3.63) is 65.0 Å². The second-order valence-corrected chi connectivity index (χ2v) is 5.01. The Morgan fingerprint density at radius 1 is 1.30 bits per heavy atom. The molecule has 6 heteroatoms. The van der Waals surface area contributed by atoms with Crippen LogP contribution in [0.5, 0.6) is 0 Å². The zero-order valence-electron chi connectivity index (χ0n) is 13.0. The Labute approximate surface area is 133 Å². The number of carbonyl (C=O) groups is 1. The third-order valence-corrected chi connectivity index (χ3v) is 3.48. The van der Waals surface area contributed by atoms with E-state index in [9.17, 15) is 13.6 Å². The Morgan fingerprint density at radius 3 is 2.74 bits per heavy atom. The summed E-state index contributed by atoms with van der Waals surface area (Å²) in [6, 6.07) is 8.28. The summed E-state index contributed by atoms with van der Waals surface area (Å²) in [7, 11) is 1.29. The molecule has 0 saturated heterocycles. The molecule has 1 aromatic carbocycles. The van der Waals surface area contributed by atoms with E-state index >= 15 is 0 Å². The van der Waals surface area contributed by atoms with Crippen LogP contribution < -0.4 is 5.32 Å². The van der Waals surface area contributed by atoms with Crippen LogP contribution in [-0.2, 0) is 11.3 Å². The van der Waals surface area contributed by atoms with Gasteiger partial charge in [0, 0.05) is 24.2 Å². The van der Waals surface area contributed by atoms with E-state index in [-0.39, 0.29) is 11.7 Å². The van der Waals surface area contributed by atoms with Crippen molar-refractivity contribution < 1.29 is 18.3 Å². The van der Waals surface area contributed by atoms with Crippen LogP contribution in [-0.4, -0.2) is 18.1 Å². The van der Waals surface area contributed by atoms with Crippen LogP contribution in [0.25, 0.3) is 0 Å². The van der Waals surface area contributed by atoms with Crippen LogP contribution in [0.4, 0.5) is 8.78 Å². The molecule has 0 fully saturated rings. The number of hydrogen-bond acceptors (Lipinski definition) is 4. The van der Waals surface area contributed by atoms with Gasteiger partial charge in [0.25, 0.3) is 0 Å². The zero-order chi connectivity index (χ0) is 16.8. The Balaban J connectivity index is 2.10. The fraction of sp³-hybridized carbons (Fsp3) is 0.294. The quantitative estimate of drug-likeness (QED) is 0.829. The minimum Gasteiger partial charge on any atom is -0.464 e. The van der Waals surface area contributed by atoms with Crippen molar-refractivity contribution in [2.45, 2.75) is 25.9 Å². The highest BCUT2D eigenvalue weighted by Crippen LogP contribution is 2.21. The fourth-order valence-corrected chi connectivity index (χ4v) is 2.28. The van der Waals surface area contributed by atoms with Crippen molar-refractivity contribution in [2.24, 2.45) is 0 Å². The lowest BCUT2D eigenvalue weighted by atomic mass is 10.0. The van der Waals surface area contributed by atoms with E-state index in [1.165, 1.54) is 19.2 Å².